The highest BCUT2D eigenvalue weighted by Gasteiger charge is 2.33. The Labute approximate surface area is 223 Å². The fourth-order valence-corrected chi connectivity index (χ4v) is 7.54. The molecule has 1 aromatic heterocycles. The Bertz CT molecular complexity index is 1070. The molecule has 1 aliphatic carbocycles. The highest BCUT2D eigenvalue weighted by Crippen LogP contribution is 2.31. The van der Waals surface area contributed by atoms with E-state index in [1.54, 1.807) is 13.2 Å². The summed E-state index contributed by atoms with van der Waals surface area (Å²) in [4.78, 5) is 27.2. The second-order valence-electron chi connectivity index (χ2n) is 11.6. The molecule has 0 aromatic carbocycles. The summed E-state index contributed by atoms with van der Waals surface area (Å²) in [5, 5.41) is 3.49. The van der Waals surface area contributed by atoms with E-state index < -0.39 is 9.71 Å². The van der Waals surface area contributed by atoms with Gasteiger partial charge in [0.15, 0.2) is 0 Å². The number of nitrogens with two attached hydrogens (primary N) is 1. The number of hydrogen-bond acceptors (Lipinski definition) is 6. The molecule has 0 bridgehead atoms. The zero-order valence-electron chi connectivity index (χ0n) is 23.4. The molecule has 3 aliphatic rings. The van der Waals surface area contributed by atoms with Crippen LogP contribution in [0.1, 0.15) is 74.8 Å². The Hall–Kier alpha value is -1.75. The number of nitrogens with one attached hydrogen (secondary N) is 1. The summed E-state index contributed by atoms with van der Waals surface area (Å²) >= 11 is 0. The van der Waals surface area contributed by atoms with Gasteiger partial charge in [-0.1, -0.05) is 13.3 Å². The molecule has 37 heavy (non-hydrogen) atoms. The number of aromatic nitrogens is 2. The zero-order chi connectivity index (χ0) is 26.7. The number of likely N-dealkylation sites (tertiary alicyclic amines) is 2. The van der Waals surface area contributed by atoms with Crippen molar-refractivity contribution < 1.29 is 9.00 Å². The van der Waals surface area contributed by atoms with E-state index in [1.165, 1.54) is 25.6 Å². The normalized spacial score (nSPS) is 25.9. The van der Waals surface area contributed by atoms with Gasteiger partial charge in [0.25, 0.3) is 5.91 Å². The third-order valence-corrected chi connectivity index (χ3v) is 11.7. The first-order valence-electron chi connectivity index (χ1n) is 14.0. The van der Waals surface area contributed by atoms with Gasteiger partial charge in [0.1, 0.15) is 17.8 Å². The molecule has 3 unspecified atom stereocenters. The number of carbonyl (C=O) groups is 1. The lowest BCUT2D eigenvalue weighted by molar-refractivity contribution is 0.0544. The van der Waals surface area contributed by atoms with Crippen LogP contribution in [0.3, 0.4) is 0 Å². The van der Waals surface area contributed by atoms with Gasteiger partial charge in [0.05, 0.1) is 4.99 Å². The highest BCUT2D eigenvalue weighted by atomic mass is 32.2. The van der Waals surface area contributed by atoms with Crippen molar-refractivity contribution in [3.8, 4) is 0 Å². The number of anilines is 1. The molecular weight excluding hydrogens is 486 g/mol. The van der Waals surface area contributed by atoms with Crippen molar-refractivity contribution in [2.75, 3.05) is 51.3 Å². The third kappa shape index (κ3) is 6.46. The predicted octanol–water partition coefficient (Wildman–Crippen LogP) is 2.57. The number of nitrogens with zero attached hydrogens (tertiary/aromatic N) is 5. The van der Waals surface area contributed by atoms with E-state index in [4.69, 9.17) is 5.73 Å². The van der Waals surface area contributed by atoms with Crippen LogP contribution in [-0.2, 0) is 9.71 Å². The molecule has 9 nitrogen and oxygen atoms in total. The topological polar surface area (TPSA) is 108 Å². The first kappa shape index (κ1) is 28.3. The molecule has 4 rings (SSSR count). The Balaban J connectivity index is 1.28. The number of carbonyl (C=O) groups excluding carboxylic acids is 1. The van der Waals surface area contributed by atoms with Crippen molar-refractivity contribution in [2.24, 2.45) is 17.6 Å². The van der Waals surface area contributed by atoms with Gasteiger partial charge in [0.2, 0.25) is 0 Å². The van der Waals surface area contributed by atoms with Gasteiger partial charge in [-0.25, -0.2) is 14.3 Å². The second-order valence-corrected chi connectivity index (χ2v) is 14.4. The fraction of sp³-hybridized carbons (Fsp3) is 0.778. The van der Waals surface area contributed by atoms with Crippen LogP contribution in [-0.4, -0.2) is 97.3 Å². The van der Waals surface area contributed by atoms with Crippen molar-refractivity contribution in [3.05, 3.63) is 17.6 Å². The largest absolute Gasteiger partial charge is 0.369 e. The van der Waals surface area contributed by atoms with Crippen LogP contribution in [0.5, 0.6) is 0 Å². The van der Waals surface area contributed by atoms with E-state index in [1.807, 2.05) is 23.2 Å². The van der Waals surface area contributed by atoms with Crippen LogP contribution in [0.2, 0.25) is 0 Å². The minimum atomic E-state index is -2.28. The van der Waals surface area contributed by atoms with Crippen LogP contribution >= 0.6 is 0 Å². The van der Waals surface area contributed by atoms with E-state index in [0.717, 1.165) is 75.7 Å². The van der Waals surface area contributed by atoms with Gasteiger partial charge in [-0.05, 0) is 84.3 Å². The molecule has 3 fully saturated rings. The monoisotopic (exact) mass is 533 g/mol. The summed E-state index contributed by atoms with van der Waals surface area (Å²) in [6, 6.07) is 0.774. The van der Waals surface area contributed by atoms with E-state index in [0.29, 0.717) is 22.6 Å². The van der Waals surface area contributed by atoms with Crippen LogP contribution in [0.4, 0.5) is 5.82 Å². The molecule has 208 valence electrons. The minimum absolute atomic E-state index is 0.0160. The summed E-state index contributed by atoms with van der Waals surface area (Å²) in [6.45, 7) is 10.4. The molecule has 1 amide bonds. The molecule has 3 heterocycles. The van der Waals surface area contributed by atoms with E-state index in [9.17, 15) is 9.00 Å². The molecule has 3 atom stereocenters. The zero-order valence-corrected chi connectivity index (χ0v) is 24.2. The standard InChI is InChI=1S/C27H47N7O2S/c1-19-6-7-22(16-19)17-29-26-20(2)25(30-18-31-26)27(35)34-14-10-24(11-15-34)33-12-8-23(9-13-33)32(4)37(5,36)21(3)28/h18-19,22-24H,6-17,28H2,1-5H3,(H,29,30,31). The van der Waals surface area contributed by atoms with E-state index in [-0.39, 0.29) is 11.9 Å². The van der Waals surface area contributed by atoms with Crippen molar-refractivity contribution in [1.82, 2.24) is 24.1 Å². The first-order valence-corrected chi connectivity index (χ1v) is 15.9. The Morgan fingerprint density at radius 2 is 1.81 bits per heavy atom. The van der Waals surface area contributed by atoms with E-state index >= 15 is 0 Å². The Kier molecular flexibility index (Phi) is 9.14. The van der Waals surface area contributed by atoms with Crippen LogP contribution < -0.4 is 11.1 Å². The number of hydrogen-bond donors (Lipinski definition) is 2. The highest BCUT2D eigenvalue weighted by molar-refractivity contribution is 7.99. The predicted molar refractivity (Wildman–Crippen MR) is 152 cm³/mol. The Morgan fingerprint density at radius 3 is 2.41 bits per heavy atom. The molecular formula is C27H47N7O2S. The van der Waals surface area contributed by atoms with Crippen LogP contribution in [0.25, 0.3) is 0 Å². The van der Waals surface area contributed by atoms with Gasteiger partial charge < -0.3 is 15.1 Å². The maximum absolute atomic E-state index is 13.4. The lowest BCUT2D eigenvalue weighted by Gasteiger charge is -2.43. The molecule has 1 saturated carbocycles. The summed E-state index contributed by atoms with van der Waals surface area (Å²) in [5.74, 6) is 2.29. The fourth-order valence-electron chi connectivity index (χ4n) is 6.31. The molecule has 2 saturated heterocycles. The smallest absolute Gasteiger partial charge is 0.272 e. The quantitative estimate of drug-likeness (QED) is 0.519. The Morgan fingerprint density at radius 1 is 1.14 bits per heavy atom. The van der Waals surface area contributed by atoms with Gasteiger partial charge >= 0.3 is 0 Å². The van der Waals surface area contributed by atoms with Crippen LogP contribution in [0, 0.1) is 18.8 Å². The van der Waals surface area contributed by atoms with Gasteiger partial charge in [0, 0.05) is 53.2 Å². The molecule has 0 spiro atoms. The molecule has 10 heteroatoms. The number of piperidine rings is 2. The van der Waals surface area contributed by atoms with Crippen LogP contribution in [0.15, 0.2) is 6.33 Å². The first-order chi connectivity index (χ1) is 17.6. The molecule has 2 aliphatic heterocycles. The van der Waals surface area contributed by atoms with Gasteiger partial charge in [-0.15, -0.1) is 0 Å². The number of amides is 1. The molecule has 0 radical (unpaired) electrons. The summed E-state index contributed by atoms with van der Waals surface area (Å²) < 4.78 is 14.9. The third-order valence-electron chi connectivity index (χ3n) is 9.08. The van der Waals surface area contributed by atoms with Crippen molar-refractivity contribution in [3.63, 3.8) is 0 Å². The van der Waals surface area contributed by atoms with Gasteiger partial charge in [-0.3, -0.25) is 14.7 Å². The summed E-state index contributed by atoms with van der Waals surface area (Å²) in [7, 11) is -0.340. The summed E-state index contributed by atoms with van der Waals surface area (Å²) in [5.41, 5.74) is 7.28. The van der Waals surface area contributed by atoms with Crippen molar-refractivity contribution in [1.29, 1.82) is 0 Å². The maximum Gasteiger partial charge on any atom is 0.272 e. The van der Waals surface area contributed by atoms with Gasteiger partial charge in [-0.2, -0.15) is 0 Å². The molecule has 3 N–H and O–H groups in total. The van der Waals surface area contributed by atoms with E-state index in [2.05, 4.69) is 27.1 Å². The average Bonchev–Trinajstić information content (AvgIpc) is 3.32. The SMILES string of the molecule is CC(N)=S(C)(=O)N(C)C1CCN(C2CCN(C(=O)c3ncnc(NCC4CCC(C)C4)c3C)CC2)CC1. The lowest BCUT2D eigenvalue weighted by atomic mass is 9.97. The maximum atomic E-state index is 13.4. The van der Waals surface area contributed by atoms with Crippen molar-refractivity contribution in [2.45, 2.75) is 77.8 Å². The second kappa shape index (κ2) is 12.0. The lowest BCUT2D eigenvalue weighted by Crippen LogP contribution is -2.52. The average molecular weight is 534 g/mol. The summed E-state index contributed by atoms with van der Waals surface area (Å²) in [6.07, 6.45) is 11.0. The van der Waals surface area contributed by atoms with Crippen molar-refractivity contribution >= 4 is 26.4 Å². The number of rotatable bonds is 7. The minimum Gasteiger partial charge on any atom is -0.369 e. The molecule has 1 aromatic rings.